The molecule has 0 aliphatic heterocycles. The van der Waals surface area contributed by atoms with Gasteiger partial charge in [-0.2, -0.15) is 0 Å². The van der Waals surface area contributed by atoms with Crippen LogP contribution in [0.3, 0.4) is 0 Å². The van der Waals surface area contributed by atoms with Crippen LogP contribution in [-0.2, 0) is 0 Å². The second kappa shape index (κ2) is 5.58. The maximum atomic E-state index is 3.48. The van der Waals surface area contributed by atoms with E-state index >= 15 is 0 Å². The summed E-state index contributed by atoms with van der Waals surface area (Å²) in [5.41, 5.74) is 8.12. The Kier molecular flexibility index (Phi) is 4.06. The van der Waals surface area contributed by atoms with Gasteiger partial charge in [0.05, 0.1) is 6.04 Å². The molecule has 19 heavy (non-hydrogen) atoms. The Morgan fingerprint density at radius 1 is 0.842 bits per heavy atom. The maximum absolute atomic E-state index is 3.48. The molecule has 0 aliphatic carbocycles. The summed E-state index contributed by atoms with van der Waals surface area (Å²) >= 11 is 0. The fourth-order valence-electron chi connectivity index (χ4n) is 2.81. The lowest BCUT2D eigenvalue weighted by molar-refractivity contribution is 0.678. The Bertz CT molecular complexity index is 564. The first kappa shape index (κ1) is 13.8. The third kappa shape index (κ3) is 2.71. The molecule has 1 heteroatoms. The lowest BCUT2D eigenvalue weighted by Crippen LogP contribution is -2.21. The average Bonchev–Trinajstić information content (AvgIpc) is 2.37. The zero-order chi connectivity index (χ0) is 14.0. The zero-order valence-corrected chi connectivity index (χ0v) is 12.5. The zero-order valence-electron chi connectivity index (χ0n) is 12.5. The van der Waals surface area contributed by atoms with E-state index in [1.54, 1.807) is 0 Å². The first-order valence-electron chi connectivity index (χ1n) is 6.85. The summed E-state index contributed by atoms with van der Waals surface area (Å²) < 4.78 is 0. The van der Waals surface area contributed by atoms with Gasteiger partial charge in [-0.15, -0.1) is 0 Å². The highest BCUT2D eigenvalue weighted by Gasteiger charge is 2.18. The van der Waals surface area contributed by atoms with Crippen LogP contribution in [0.25, 0.3) is 0 Å². The standard InChI is InChI=1S/C18H23N/c1-12-9-10-13(2)16(11-12)18(19-5)17-14(3)7-6-8-15(17)4/h6-11,18-19H,1-5H3. The van der Waals surface area contributed by atoms with Gasteiger partial charge in [-0.05, 0) is 62.6 Å². The Morgan fingerprint density at radius 3 is 2.05 bits per heavy atom. The van der Waals surface area contributed by atoms with Gasteiger partial charge in [-0.1, -0.05) is 42.0 Å². The monoisotopic (exact) mass is 253 g/mol. The van der Waals surface area contributed by atoms with Crippen LogP contribution in [0.2, 0.25) is 0 Å². The lowest BCUT2D eigenvalue weighted by Gasteiger charge is -2.23. The Labute approximate surface area is 116 Å². The molecule has 0 saturated heterocycles. The van der Waals surface area contributed by atoms with Gasteiger partial charge in [0, 0.05) is 0 Å². The van der Waals surface area contributed by atoms with Crippen molar-refractivity contribution in [3.05, 3.63) is 69.8 Å². The molecule has 1 nitrogen and oxygen atoms in total. The summed E-state index contributed by atoms with van der Waals surface area (Å²) in [6.07, 6.45) is 0. The Balaban J connectivity index is 2.59. The average molecular weight is 253 g/mol. The van der Waals surface area contributed by atoms with E-state index in [0.29, 0.717) is 0 Å². The van der Waals surface area contributed by atoms with Crippen molar-refractivity contribution in [2.24, 2.45) is 0 Å². The van der Waals surface area contributed by atoms with Gasteiger partial charge in [0.1, 0.15) is 0 Å². The molecule has 0 spiro atoms. The highest BCUT2D eigenvalue weighted by Crippen LogP contribution is 2.30. The minimum absolute atomic E-state index is 0.265. The van der Waals surface area contributed by atoms with E-state index in [1.165, 1.54) is 33.4 Å². The molecule has 0 heterocycles. The van der Waals surface area contributed by atoms with Crippen molar-refractivity contribution in [1.82, 2.24) is 5.32 Å². The molecule has 0 amide bonds. The summed E-state index contributed by atoms with van der Waals surface area (Å²) in [4.78, 5) is 0. The largest absolute Gasteiger partial charge is 0.309 e. The highest BCUT2D eigenvalue weighted by atomic mass is 14.9. The topological polar surface area (TPSA) is 12.0 Å². The molecule has 0 bridgehead atoms. The summed E-state index contributed by atoms with van der Waals surface area (Å²) in [5, 5.41) is 3.48. The molecule has 2 rings (SSSR count). The molecule has 2 aromatic rings. The predicted molar refractivity (Wildman–Crippen MR) is 82.7 cm³/mol. The van der Waals surface area contributed by atoms with E-state index < -0.39 is 0 Å². The normalized spacial score (nSPS) is 12.5. The van der Waals surface area contributed by atoms with Crippen molar-refractivity contribution in [2.75, 3.05) is 7.05 Å². The predicted octanol–water partition coefficient (Wildman–Crippen LogP) is 4.23. The third-order valence-electron chi connectivity index (χ3n) is 3.87. The number of hydrogen-bond acceptors (Lipinski definition) is 1. The van der Waals surface area contributed by atoms with Gasteiger partial charge >= 0.3 is 0 Å². The second-order valence-electron chi connectivity index (χ2n) is 5.39. The lowest BCUT2D eigenvalue weighted by atomic mass is 9.88. The van der Waals surface area contributed by atoms with E-state index in [2.05, 4.69) is 69.4 Å². The Morgan fingerprint density at radius 2 is 1.47 bits per heavy atom. The first-order valence-corrected chi connectivity index (χ1v) is 6.85. The summed E-state index contributed by atoms with van der Waals surface area (Å²) in [6.45, 7) is 8.72. The fourth-order valence-corrected chi connectivity index (χ4v) is 2.81. The molecule has 100 valence electrons. The quantitative estimate of drug-likeness (QED) is 0.863. The number of rotatable bonds is 3. The third-order valence-corrected chi connectivity index (χ3v) is 3.87. The molecule has 0 fully saturated rings. The van der Waals surface area contributed by atoms with Crippen molar-refractivity contribution in [2.45, 2.75) is 33.7 Å². The number of benzene rings is 2. The van der Waals surface area contributed by atoms with Crippen LogP contribution in [0.15, 0.2) is 36.4 Å². The Hall–Kier alpha value is -1.60. The van der Waals surface area contributed by atoms with Crippen LogP contribution in [0.5, 0.6) is 0 Å². The molecule has 1 atom stereocenters. The van der Waals surface area contributed by atoms with E-state index in [0.717, 1.165) is 0 Å². The van der Waals surface area contributed by atoms with Gasteiger partial charge in [0.15, 0.2) is 0 Å². The maximum Gasteiger partial charge on any atom is 0.0582 e. The van der Waals surface area contributed by atoms with E-state index in [4.69, 9.17) is 0 Å². The molecular weight excluding hydrogens is 230 g/mol. The molecule has 1 unspecified atom stereocenters. The van der Waals surface area contributed by atoms with Gasteiger partial charge in [-0.25, -0.2) is 0 Å². The van der Waals surface area contributed by atoms with Crippen molar-refractivity contribution < 1.29 is 0 Å². The smallest absolute Gasteiger partial charge is 0.0582 e. The van der Waals surface area contributed by atoms with Gasteiger partial charge in [-0.3, -0.25) is 0 Å². The summed E-state index contributed by atoms with van der Waals surface area (Å²) in [7, 11) is 2.04. The number of nitrogens with one attached hydrogen (secondary N) is 1. The minimum Gasteiger partial charge on any atom is -0.309 e. The fraction of sp³-hybridized carbons (Fsp3) is 0.333. The van der Waals surface area contributed by atoms with Crippen LogP contribution in [0.1, 0.15) is 39.4 Å². The van der Waals surface area contributed by atoms with Crippen LogP contribution in [-0.4, -0.2) is 7.05 Å². The van der Waals surface area contributed by atoms with Crippen LogP contribution < -0.4 is 5.32 Å². The van der Waals surface area contributed by atoms with Gasteiger partial charge in [0.2, 0.25) is 0 Å². The second-order valence-corrected chi connectivity index (χ2v) is 5.39. The van der Waals surface area contributed by atoms with Crippen molar-refractivity contribution in [3.8, 4) is 0 Å². The van der Waals surface area contributed by atoms with E-state index in [-0.39, 0.29) is 6.04 Å². The van der Waals surface area contributed by atoms with E-state index in [1.807, 2.05) is 7.05 Å². The first-order chi connectivity index (χ1) is 9.04. The van der Waals surface area contributed by atoms with Crippen molar-refractivity contribution in [3.63, 3.8) is 0 Å². The molecule has 0 aromatic heterocycles. The van der Waals surface area contributed by atoms with Crippen LogP contribution in [0.4, 0.5) is 0 Å². The van der Waals surface area contributed by atoms with Crippen LogP contribution >= 0.6 is 0 Å². The number of aryl methyl sites for hydroxylation is 4. The molecule has 1 N–H and O–H groups in total. The molecule has 0 radical (unpaired) electrons. The van der Waals surface area contributed by atoms with E-state index in [9.17, 15) is 0 Å². The molecule has 2 aromatic carbocycles. The van der Waals surface area contributed by atoms with Crippen molar-refractivity contribution in [1.29, 1.82) is 0 Å². The summed E-state index contributed by atoms with van der Waals surface area (Å²) in [6, 6.07) is 13.5. The molecule has 0 aliphatic rings. The highest BCUT2D eigenvalue weighted by molar-refractivity contribution is 5.45. The van der Waals surface area contributed by atoms with Gasteiger partial charge in [0.25, 0.3) is 0 Å². The van der Waals surface area contributed by atoms with Crippen molar-refractivity contribution >= 4 is 0 Å². The minimum atomic E-state index is 0.265. The molecule has 0 saturated carbocycles. The SMILES string of the molecule is CNC(c1cc(C)ccc1C)c1c(C)cccc1C. The molecular formula is C18H23N. The van der Waals surface area contributed by atoms with Crippen LogP contribution in [0, 0.1) is 27.7 Å². The number of hydrogen-bond donors (Lipinski definition) is 1. The summed E-state index contributed by atoms with van der Waals surface area (Å²) in [5.74, 6) is 0. The van der Waals surface area contributed by atoms with Gasteiger partial charge < -0.3 is 5.32 Å².